The lowest BCUT2D eigenvalue weighted by atomic mass is 10.2. The summed E-state index contributed by atoms with van der Waals surface area (Å²) in [4.78, 5) is 1.70. The summed E-state index contributed by atoms with van der Waals surface area (Å²) in [5.41, 5.74) is 0. The number of hydrogen-bond acceptors (Lipinski definition) is 4. The van der Waals surface area contributed by atoms with Gasteiger partial charge in [-0.15, -0.1) is 0 Å². The van der Waals surface area contributed by atoms with Crippen LogP contribution in [-0.4, -0.2) is 35.7 Å². The highest BCUT2D eigenvalue weighted by Crippen LogP contribution is 1.94. The maximum atomic E-state index is 8.95. The molecule has 1 atom stereocenters. The largest absolute Gasteiger partial charge is 0.393 e. The fraction of sp³-hybridized carbons (Fsp3) is 0.750. The van der Waals surface area contributed by atoms with Crippen LogP contribution in [0.2, 0.25) is 0 Å². The van der Waals surface area contributed by atoms with Gasteiger partial charge in [0.25, 0.3) is 0 Å². The minimum absolute atomic E-state index is 0.250. The summed E-state index contributed by atoms with van der Waals surface area (Å²) in [7, 11) is 0. The van der Waals surface area contributed by atoms with E-state index in [9.17, 15) is 0 Å². The molecule has 0 heterocycles. The summed E-state index contributed by atoms with van der Waals surface area (Å²) in [6.07, 6.45) is 0.230. The third-order valence-corrected chi connectivity index (χ3v) is 1.45. The van der Waals surface area contributed by atoms with Crippen LogP contribution in [0.5, 0.6) is 0 Å². The van der Waals surface area contributed by atoms with E-state index in [0.717, 1.165) is 0 Å². The molecule has 0 aliphatic heterocycles. The Balaban J connectivity index is 3.66. The van der Waals surface area contributed by atoms with Gasteiger partial charge in [-0.1, -0.05) is 0 Å². The predicted molar refractivity (Wildman–Crippen MR) is 44.0 cm³/mol. The van der Waals surface area contributed by atoms with Gasteiger partial charge in [0.15, 0.2) is 0 Å². The Labute approximate surface area is 72.6 Å². The Morgan fingerprint density at radius 3 is 2.17 bits per heavy atom. The van der Waals surface area contributed by atoms with Crippen LogP contribution in [0.3, 0.4) is 0 Å². The molecule has 0 radical (unpaired) electrons. The molecule has 0 fully saturated rings. The summed E-state index contributed by atoms with van der Waals surface area (Å²) >= 11 is 0. The van der Waals surface area contributed by atoms with Crippen molar-refractivity contribution in [3.63, 3.8) is 0 Å². The van der Waals surface area contributed by atoms with Gasteiger partial charge in [-0.2, -0.15) is 10.5 Å². The van der Waals surface area contributed by atoms with Crippen molar-refractivity contribution in [1.29, 1.82) is 10.5 Å². The van der Waals surface area contributed by atoms with E-state index in [2.05, 4.69) is 0 Å². The molecular weight excluding hydrogens is 154 g/mol. The molecule has 0 aliphatic carbocycles. The van der Waals surface area contributed by atoms with E-state index in [0.29, 0.717) is 13.0 Å². The summed E-state index contributed by atoms with van der Waals surface area (Å²) in [6, 6.07) is 3.94. The fourth-order valence-electron chi connectivity index (χ4n) is 0.783. The Hall–Kier alpha value is -1.10. The molecular formula is C8H13N3O. The monoisotopic (exact) mass is 167 g/mol. The highest BCUT2D eigenvalue weighted by atomic mass is 16.3. The van der Waals surface area contributed by atoms with Crippen molar-refractivity contribution in [3.05, 3.63) is 0 Å². The van der Waals surface area contributed by atoms with Crippen LogP contribution in [0.1, 0.15) is 13.3 Å². The molecule has 0 aliphatic rings. The van der Waals surface area contributed by atoms with E-state index in [1.54, 1.807) is 11.8 Å². The Kier molecular flexibility index (Phi) is 6.00. The molecule has 0 bridgehead atoms. The maximum absolute atomic E-state index is 8.95. The van der Waals surface area contributed by atoms with Gasteiger partial charge >= 0.3 is 0 Å². The number of hydrogen-bond donors (Lipinski definition) is 1. The summed E-state index contributed by atoms with van der Waals surface area (Å²) in [6.45, 7) is 2.79. The van der Waals surface area contributed by atoms with Crippen LogP contribution in [0.4, 0.5) is 0 Å². The van der Waals surface area contributed by atoms with Gasteiger partial charge in [0.05, 0.1) is 31.3 Å². The smallest absolute Gasteiger partial charge is 0.0874 e. The average molecular weight is 167 g/mol. The second-order valence-electron chi connectivity index (χ2n) is 2.66. The molecule has 1 N–H and O–H groups in total. The second-order valence-corrected chi connectivity index (χ2v) is 2.66. The minimum Gasteiger partial charge on any atom is -0.393 e. The molecule has 4 heteroatoms. The van der Waals surface area contributed by atoms with Gasteiger partial charge < -0.3 is 5.11 Å². The van der Waals surface area contributed by atoms with Crippen LogP contribution in [0, 0.1) is 22.7 Å². The zero-order valence-electron chi connectivity index (χ0n) is 7.19. The van der Waals surface area contributed by atoms with Crippen molar-refractivity contribution in [2.45, 2.75) is 19.4 Å². The third-order valence-electron chi connectivity index (χ3n) is 1.45. The summed E-state index contributed by atoms with van der Waals surface area (Å²) < 4.78 is 0. The van der Waals surface area contributed by atoms with Crippen LogP contribution >= 0.6 is 0 Å². The number of aliphatic hydroxyl groups is 1. The topological polar surface area (TPSA) is 71.0 Å². The van der Waals surface area contributed by atoms with E-state index in [4.69, 9.17) is 15.6 Å². The van der Waals surface area contributed by atoms with E-state index < -0.39 is 0 Å². The molecule has 1 unspecified atom stereocenters. The molecule has 66 valence electrons. The molecule has 0 aromatic rings. The highest BCUT2D eigenvalue weighted by molar-refractivity contribution is 4.83. The summed E-state index contributed by atoms with van der Waals surface area (Å²) in [5, 5.41) is 25.7. The number of aliphatic hydroxyl groups excluding tert-OH is 1. The Morgan fingerprint density at radius 1 is 1.33 bits per heavy atom. The second kappa shape index (κ2) is 6.60. The van der Waals surface area contributed by atoms with Crippen molar-refractivity contribution in [1.82, 2.24) is 4.90 Å². The lowest BCUT2D eigenvalue weighted by Crippen LogP contribution is -2.27. The molecule has 4 nitrogen and oxygen atoms in total. The Bertz CT molecular complexity index is 173. The zero-order chi connectivity index (χ0) is 9.40. The predicted octanol–water partition coefficient (Wildman–Crippen LogP) is 0.106. The number of rotatable bonds is 5. The first-order valence-electron chi connectivity index (χ1n) is 3.85. The molecule has 0 aromatic carbocycles. The van der Waals surface area contributed by atoms with Crippen molar-refractivity contribution in [3.8, 4) is 12.1 Å². The normalized spacial score (nSPS) is 12.1. The quantitative estimate of drug-likeness (QED) is 0.590. The van der Waals surface area contributed by atoms with Gasteiger partial charge in [0.2, 0.25) is 0 Å². The average Bonchev–Trinajstić information content (AvgIpc) is 2.01. The molecule has 0 rings (SSSR count). The van der Waals surface area contributed by atoms with Gasteiger partial charge in [-0.25, -0.2) is 0 Å². The number of nitrogens with zero attached hydrogens (tertiary/aromatic N) is 3. The van der Waals surface area contributed by atoms with E-state index in [1.165, 1.54) is 0 Å². The summed E-state index contributed by atoms with van der Waals surface area (Å²) in [5.74, 6) is 0. The highest BCUT2D eigenvalue weighted by Gasteiger charge is 2.04. The van der Waals surface area contributed by atoms with E-state index >= 15 is 0 Å². The first-order valence-corrected chi connectivity index (χ1v) is 3.85. The molecule has 0 aromatic heterocycles. The van der Waals surface area contributed by atoms with Crippen molar-refractivity contribution >= 4 is 0 Å². The third kappa shape index (κ3) is 5.67. The molecule has 12 heavy (non-hydrogen) atoms. The van der Waals surface area contributed by atoms with Crippen LogP contribution < -0.4 is 0 Å². The lowest BCUT2D eigenvalue weighted by Gasteiger charge is -2.15. The van der Waals surface area contributed by atoms with Gasteiger partial charge in [-0.3, -0.25) is 4.90 Å². The molecule has 0 amide bonds. The van der Waals surface area contributed by atoms with Crippen molar-refractivity contribution in [2.24, 2.45) is 0 Å². The lowest BCUT2D eigenvalue weighted by molar-refractivity contribution is 0.164. The zero-order valence-corrected chi connectivity index (χ0v) is 7.19. The van der Waals surface area contributed by atoms with Gasteiger partial charge in [0, 0.05) is 6.54 Å². The maximum Gasteiger partial charge on any atom is 0.0874 e. The number of nitriles is 2. The van der Waals surface area contributed by atoms with Gasteiger partial charge in [0.1, 0.15) is 0 Å². The molecule has 0 spiro atoms. The van der Waals surface area contributed by atoms with Crippen LogP contribution in [0.25, 0.3) is 0 Å². The SMILES string of the molecule is CC(O)CCN(CC#N)CC#N. The first-order chi connectivity index (χ1) is 5.70. The van der Waals surface area contributed by atoms with Crippen molar-refractivity contribution < 1.29 is 5.11 Å². The van der Waals surface area contributed by atoms with Gasteiger partial charge in [-0.05, 0) is 13.3 Å². The molecule has 0 saturated heterocycles. The minimum atomic E-state index is -0.370. The van der Waals surface area contributed by atoms with Crippen LogP contribution in [-0.2, 0) is 0 Å². The Morgan fingerprint density at radius 2 is 1.83 bits per heavy atom. The van der Waals surface area contributed by atoms with Crippen molar-refractivity contribution in [2.75, 3.05) is 19.6 Å². The van der Waals surface area contributed by atoms with E-state index in [-0.39, 0.29) is 19.2 Å². The van der Waals surface area contributed by atoms with E-state index in [1.807, 2.05) is 12.1 Å². The first kappa shape index (κ1) is 10.9. The standard InChI is InChI=1S/C8H13N3O/c1-8(12)2-5-11(6-3-9)7-4-10/h8,12H,2,5-7H2,1H3. The van der Waals surface area contributed by atoms with Crippen LogP contribution in [0.15, 0.2) is 0 Å². The molecule has 0 saturated carbocycles. The fourth-order valence-corrected chi connectivity index (χ4v) is 0.783.